The van der Waals surface area contributed by atoms with Gasteiger partial charge in [0.2, 0.25) is 0 Å². The number of ether oxygens (including phenoxy) is 1. The highest BCUT2D eigenvalue weighted by molar-refractivity contribution is 7.12. The van der Waals surface area contributed by atoms with Crippen LogP contribution < -0.4 is 11.1 Å². The van der Waals surface area contributed by atoms with Crippen LogP contribution in [-0.2, 0) is 10.2 Å². The molecule has 6 heteroatoms. The van der Waals surface area contributed by atoms with Crippen LogP contribution in [0.15, 0.2) is 0 Å². The predicted octanol–water partition coefficient (Wildman–Crippen LogP) is 2.49. The summed E-state index contributed by atoms with van der Waals surface area (Å²) in [6.07, 6.45) is -0.738. The van der Waals surface area contributed by atoms with Gasteiger partial charge in [-0.15, -0.1) is 11.3 Å². The third-order valence-electron chi connectivity index (χ3n) is 2.66. The first-order valence-corrected chi connectivity index (χ1v) is 7.17. The third-order valence-corrected chi connectivity index (χ3v) is 4.43. The Balaban J connectivity index is 2.59. The zero-order valence-corrected chi connectivity index (χ0v) is 13.1. The molecule has 0 saturated heterocycles. The maximum absolute atomic E-state index is 10.4. The highest BCUT2D eigenvalue weighted by Crippen LogP contribution is 2.32. The van der Waals surface area contributed by atoms with E-state index in [1.807, 2.05) is 6.92 Å². The van der Waals surface area contributed by atoms with E-state index < -0.39 is 6.09 Å². The molecule has 1 amide bonds. The van der Waals surface area contributed by atoms with E-state index >= 15 is 0 Å². The van der Waals surface area contributed by atoms with Crippen LogP contribution >= 0.6 is 11.3 Å². The largest absolute Gasteiger partial charge is 0.448 e. The molecule has 1 aromatic rings. The summed E-state index contributed by atoms with van der Waals surface area (Å²) in [7, 11) is 0. The van der Waals surface area contributed by atoms with Gasteiger partial charge in [-0.2, -0.15) is 0 Å². The molecule has 5 nitrogen and oxygen atoms in total. The Morgan fingerprint density at radius 3 is 2.63 bits per heavy atom. The second kappa shape index (κ2) is 6.34. The molecule has 0 aliphatic heterocycles. The van der Waals surface area contributed by atoms with Crippen molar-refractivity contribution in [3.8, 4) is 0 Å². The van der Waals surface area contributed by atoms with Gasteiger partial charge in [0.05, 0.1) is 10.7 Å². The summed E-state index contributed by atoms with van der Waals surface area (Å²) in [6, 6.07) is 0.185. The van der Waals surface area contributed by atoms with Gasteiger partial charge in [0.25, 0.3) is 0 Å². The fourth-order valence-corrected chi connectivity index (χ4v) is 2.80. The minimum Gasteiger partial charge on any atom is -0.448 e. The van der Waals surface area contributed by atoms with Crippen LogP contribution in [0.5, 0.6) is 0 Å². The van der Waals surface area contributed by atoms with Crippen molar-refractivity contribution in [3.63, 3.8) is 0 Å². The number of primary amides is 1. The number of nitrogens with zero attached hydrogens (tertiary/aromatic N) is 1. The maximum atomic E-state index is 10.4. The lowest BCUT2D eigenvalue weighted by molar-refractivity contribution is 0.156. The van der Waals surface area contributed by atoms with E-state index in [9.17, 15) is 4.79 Å². The number of carbonyl (C=O) groups excluding carboxylic acids is 1. The number of aryl methyl sites for hydroxylation is 1. The molecule has 0 spiro atoms. The summed E-state index contributed by atoms with van der Waals surface area (Å²) in [5, 5.41) is 4.44. The Hall–Kier alpha value is -1.14. The van der Waals surface area contributed by atoms with Crippen LogP contribution in [0.25, 0.3) is 0 Å². The molecule has 0 radical (unpaired) electrons. The van der Waals surface area contributed by atoms with Crippen molar-refractivity contribution in [1.29, 1.82) is 0 Å². The molecule has 0 aliphatic carbocycles. The summed E-state index contributed by atoms with van der Waals surface area (Å²) in [6.45, 7) is 11.4. The topological polar surface area (TPSA) is 77.2 Å². The molecule has 0 aromatic carbocycles. The SMILES string of the molecule is Cc1nc(C(C)(C)C)sc1C(C)NCCOC(N)=O. The number of nitrogens with one attached hydrogen (secondary N) is 1. The molecule has 0 aliphatic rings. The average molecular weight is 285 g/mol. The number of aromatic nitrogens is 1. The lowest BCUT2D eigenvalue weighted by Crippen LogP contribution is -2.25. The monoisotopic (exact) mass is 285 g/mol. The maximum Gasteiger partial charge on any atom is 0.404 e. The van der Waals surface area contributed by atoms with E-state index in [1.165, 1.54) is 4.88 Å². The van der Waals surface area contributed by atoms with Crippen molar-refractivity contribution >= 4 is 17.4 Å². The van der Waals surface area contributed by atoms with E-state index in [0.717, 1.165) is 10.7 Å². The zero-order chi connectivity index (χ0) is 14.6. The first kappa shape index (κ1) is 15.9. The van der Waals surface area contributed by atoms with Crippen molar-refractivity contribution in [2.75, 3.05) is 13.2 Å². The highest BCUT2D eigenvalue weighted by atomic mass is 32.1. The van der Waals surface area contributed by atoms with Crippen molar-refractivity contribution in [3.05, 3.63) is 15.6 Å². The molecule has 1 rings (SSSR count). The van der Waals surface area contributed by atoms with Gasteiger partial charge in [0.15, 0.2) is 0 Å². The third kappa shape index (κ3) is 4.80. The van der Waals surface area contributed by atoms with Gasteiger partial charge in [-0.05, 0) is 13.8 Å². The molecule has 0 saturated carbocycles. The quantitative estimate of drug-likeness (QED) is 0.815. The minimum absolute atomic E-state index is 0.0719. The fourth-order valence-electron chi connectivity index (χ4n) is 1.65. The Morgan fingerprint density at radius 1 is 1.53 bits per heavy atom. The Bertz CT molecular complexity index is 438. The van der Waals surface area contributed by atoms with Crippen molar-refractivity contribution in [1.82, 2.24) is 10.3 Å². The number of amides is 1. The molecule has 1 aromatic heterocycles. The highest BCUT2D eigenvalue weighted by Gasteiger charge is 2.22. The van der Waals surface area contributed by atoms with Gasteiger partial charge in [0, 0.05) is 22.9 Å². The van der Waals surface area contributed by atoms with Crippen molar-refractivity contribution in [2.45, 2.75) is 46.1 Å². The molecule has 108 valence electrons. The lowest BCUT2D eigenvalue weighted by atomic mass is 9.98. The number of thiazole rings is 1. The van der Waals surface area contributed by atoms with Gasteiger partial charge in [-0.3, -0.25) is 0 Å². The lowest BCUT2D eigenvalue weighted by Gasteiger charge is -2.14. The number of carbonyl (C=O) groups is 1. The molecule has 0 fully saturated rings. The van der Waals surface area contributed by atoms with E-state index in [0.29, 0.717) is 6.54 Å². The number of rotatable bonds is 5. The summed E-state index contributed by atoms with van der Waals surface area (Å²) in [5.41, 5.74) is 6.03. The van der Waals surface area contributed by atoms with E-state index in [4.69, 9.17) is 5.73 Å². The first-order chi connectivity index (χ1) is 8.71. The molecule has 0 bridgehead atoms. The molecule has 19 heavy (non-hydrogen) atoms. The molecule has 1 unspecified atom stereocenters. The average Bonchev–Trinajstić information content (AvgIpc) is 2.66. The van der Waals surface area contributed by atoms with Crippen LogP contribution in [0.2, 0.25) is 0 Å². The van der Waals surface area contributed by atoms with E-state index in [-0.39, 0.29) is 18.1 Å². The van der Waals surface area contributed by atoms with Crippen LogP contribution in [0.4, 0.5) is 4.79 Å². The van der Waals surface area contributed by atoms with Gasteiger partial charge >= 0.3 is 6.09 Å². The Labute approximate surface area is 118 Å². The molecular weight excluding hydrogens is 262 g/mol. The van der Waals surface area contributed by atoms with Crippen LogP contribution in [0.1, 0.15) is 49.3 Å². The molecule has 1 atom stereocenters. The minimum atomic E-state index is -0.738. The summed E-state index contributed by atoms with van der Waals surface area (Å²) >= 11 is 1.73. The standard InChI is InChI=1S/C13H23N3O2S/c1-8(15-6-7-18-12(14)17)10-9(2)16-11(19-10)13(3,4)5/h8,15H,6-7H2,1-5H3,(H2,14,17). The normalized spacial score (nSPS) is 13.3. The van der Waals surface area contributed by atoms with Crippen LogP contribution in [0, 0.1) is 6.92 Å². The predicted molar refractivity (Wildman–Crippen MR) is 77.5 cm³/mol. The van der Waals surface area contributed by atoms with Gasteiger partial charge in [-0.1, -0.05) is 20.8 Å². The smallest absolute Gasteiger partial charge is 0.404 e. The van der Waals surface area contributed by atoms with Crippen LogP contribution in [0.3, 0.4) is 0 Å². The zero-order valence-electron chi connectivity index (χ0n) is 12.2. The van der Waals surface area contributed by atoms with Gasteiger partial charge in [0.1, 0.15) is 6.61 Å². The van der Waals surface area contributed by atoms with E-state index in [1.54, 1.807) is 11.3 Å². The first-order valence-electron chi connectivity index (χ1n) is 6.35. The summed E-state index contributed by atoms with van der Waals surface area (Å²) in [5.74, 6) is 0. The number of nitrogens with two attached hydrogens (primary N) is 1. The second-order valence-electron chi connectivity index (χ2n) is 5.56. The molecule has 1 heterocycles. The molecular formula is C13H23N3O2S. The Morgan fingerprint density at radius 2 is 2.16 bits per heavy atom. The number of hydrogen-bond acceptors (Lipinski definition) is 5. The summed E-state index contributed by atoms with van der Waals surface area (Å²) < 4.78 is 4.68. The van der Waals surface area contributed by atoms with Gasteiger partial charge in [-0.25, -0.2) is 9.78 Å². The second-order valence-corrected chi connectivity index (χ2v) is 6.59. The van der Waals surface area contributed by atoms with Crippen molar-refractivity contribution in [2.24, 2.45) is 5.73 Å². The Kier molecular flexibility index (Phi) is 5.31. The van der Waals surface area contributed by atoms with Crippen LogP contribution in [-0.4, -0.2) is 24.2 Å². The van der Waals surface area contributed by atoms with Gasteiger partial charge < -0.3 is 15.8 Å². The number of hydrogen-bond donors (Lipinski definition) is 2. The van der Waals surface area contributed by atoms with E-state index in [2.05, 4.69) is 42.7 Å². The molecule has 3 N–H and O–H groups in total. The summed E-state index contributed by atoms with van der Waals surface area (Å²) in [4.78, 5) is 16.3. The van der Waals surface area contributed by atoms with Crippen molar-refractivity contribution < 1.29 is 9.53 Å². The fraction of sp³-hybridized carbons (Fsp3) is 0.692.